The van der Waals surface area contributed by atoms with Crippen molar-refractivity contribution in [3.05, 3.63) is 35.9 Å². The molecule has 5 nitrogen and oxygen atoms in total. The van der Waals surface area contributed by atoms with E-state index in [-0.39, 0.29) is 5.84 Å². The van der Waals surface area contributed by atoms with Crippen molar-refractivity contribution in [2.45, 2.75) is 11.9 Å². The Kier molecular flexibility index (Phi) is 6.17. The van der Waals surface area contributed by atoms with Gasteiger partial charge in [0.15, 0.2) is 0 Å². The smallest absolute Gasteiger partial charge is 0.384 e. The van der Waals surface area contributed by atoms with Crippen LogP contribution in [0.3, 0.4) is 0 Å². The zero-order valence-corrected chi connectivity index (χ0v) is 10.7. The fourth-order valence-corrected chi connectivity index (χ4v) is 1.13. The number of amidine groups is 1. The highest BCUT2D eigenvalue weighted by molar-refractivity contribution is 7.87. The highest BCUT2D eigenvalue weighted by Crippen LogP contribution is 2.30. The number of hydrogen-bond donors (Lipinski definition) is 2. The van der Waals surface area contributed by atoms with E-state index in [0.29, 0.717) is 0 Å². The minimum Gasteiger partial charge on any atom is -0.384 e. The summed E-state index contributed by atoms with van der Waals surface area (Å²) < 4.78 is 87.4. The number of alkyl halides is 6. The first kappa shape index (κ1) is 19.2. The fourth-order valence-electron chi connectivity index (χ4n) is 0.789. The van der Waals surface area contributed by atoms with Crippen LogP contribution in [0.1, 0.15) is 5.56 Å². The first-order valence-corrected chi connectivity index (χ1v) is 6.15. The summed E-state index contributed by atoms with van der Waals surface area (Å²) in [4.78, 5) is 0. The van der Waals surface area contributed by atoms with E-state index in [0.717, 1.165) is 5.56 Å². The summed E-state index contributed by atoms with van der Waals surface area (Å²) in [6.45, 7) is 0. The molecule has 0 aromatic heterocycles. The van der Waals surface area contributed by atoms with Crippen molar-refractivity contribution in [3.8, 4) is 0 Å². The molecular weight excluding hydrogens is 330 g/mol. The van der Waals surface area contributed by atoms with Crippen LogP contribution in [0.4, 0.5) is 26.3 Å². The molecule has 0 fully saturated rings. The molecule has 0 amide bonds. The van der Waals surface area contributed by atoms with Crippen LogP contribution >= 0.6 is 0 Å². The lowest BCUT2D eigenvalue weighted by atomic mass is 10.2. The molecule has 3 N–H and O–H groups in total. The Morgan fingerprint density at radius 3 is 1.67 bits per heavy atom. The summed E-state index contributed by atoms with van der Waals surface area (Å²) in [7, 11) is -6.58. The van der Waals surface area contributed by atoms with Gasteiger partial charge in [-0.1, -0.05) is 30.3 Å². The lowest BCUT2D eigenvalue weighted by molar-refractivity contribution is -0.277. The van der Waals surface area contributed by atoms with Gasteiger partial charge in [-0.2, -0.15) is 25.8 Å². The maximum atomic E-state index is 11.2. The third-order valence-electron chi connectivity index (χ3n) is 1.57. The first-order valence-electron chi connectivity index (χ1n) is 4.74. The summed E-state index contributed by atoms with van der Waals surface area (Å²) in [6, 6.07) is 9.23. The van der Waals surface area contributed by atoms with Gasteiger partial charge in [-0.25, -0.2) is 0 Å². The summed E-state index contributed by atoms with van der Waals surface area (Å²) in [5, 5.41) is 7.01. The number of nitrogens with two attached hydrogens (primary N) is 1. The van der Waals surface area contributed by atoms with Gasteiger partial charge in [0, 0.05) is 5.56 Å². The van der Waals surface area contributed by atoms with E-state index in [1.807, 2.05) is 34.5 Å². The van der Waals surface area contributed by atoms with Crippen molar-refractivity contribution in [1.29, 1.82) is 5.41 Å². The molecule has 0 unspecified atom stereocenters. The van der Waals surface area contributed by atoms with Gasteiger partial charge in [0.25, 0.3) is 0 Å². The van der Waals surface area contributed by atoms with Gasteiger partial charge >= 0.3 is 22.0 Å². The zero-order valence-electron chi connectivity index (χ0n) is 9.86. The molecule has 0 heterocycles. The summed E-state index contributed by atoms with van der Waals surface area (Å²) in [5.41, 5.74) is -0.0944. The number of halogens is 6. The van der Waals surface area contributed by atoms with E-state index in [4.69, 9.17) is 11.1 Å². The molecule has 12 heteroatoms. The molecule has 0 bridgehead atoms. The van der Waals surface area contributed by atoms with Crippen molar-refractivity contribution >= 4 is 16.0 Å². The Bertz CT molecular complexity index is 567. The molecule has 0 saturated heterocycles. The second-order valence-corrected chi connectivity index (χ2v) is 4.75. The molecule has 0 atom stereocenters. The molecule has 0 aliphatic rings. The predicted molar refractivity (Wildman–Crippen MR) is 59.6 cm³/mol. The molecule has 1 aromatic carbocycles. The number of benzene rings is 1. The van der Waals surface area contributed by atoms with Crippen molar-refractivity contribution < 1.29 is 38.9 Å². The third-order valence-corrected chi connectivity index (χ3v) is 2.55. The van der Waals surface area contributed by atoms with Crippen molar-refractivity contribution in [3.63, 3.8) is 0 Å². The van der Waals surface area contributed by atoms with E-state index >= 15 is 0 Å². The van der Waals surface area contributed by atoms with Crippen LogP contribution < -0.4 is 5.73 Å². The maximum Gasteiger partial charge on any atom is 0.537 e. The lowest BCUT2D eigenvalue weighted by Crippen LogP contribution is -2.31. The minimum atomic E-state index is -6.58. The van der Waals surface area contributed by atoms with Crippen LogP contribution in [-0.2, 0) is 14.3 Å². The van der Waals surface area contributed by atoms with E-state index in [9.17, 15) is 34.8 Å². The SMILES string of the molecule is N=C(N)c1ccccc1.O=S(=O)(OC(F)(F)F)C(F)(F)F. The van der Waals surface area contributed by atoms with Gasteiger partial charge in [-0.15, -0.1) is 13.2 Å². The second-order valence-electron chi connectivity index (χ2n) is 3.21. The average Bonchev–Trinajstić information content (AvgIpc) is 2.26. The van der Waals surface area contributed by atoms with Gasteiger partial charge in [0.1, 0.15) is 5.84 Å². The predicted octanol–water partition coefficient (Wildman–Crippen LogP) is 2.34. The van der Waals surface area contributed by atoms with Crippen LogP contribution in [0.25, 0.3) is 0 Å². The minimum absolute atomic E-state index is 0.121. The molecule has 0 saturated carbocycles. The molecule has 21 heavy (non-hydrogen) atoms. The number of nitrogens with one attached hydrogen (secondary N) is 1. The average molecular weight is 338 g/mol. The molecule has 120 valence electrons. The number of rotatable bonds is 2. The Hall–Kier alpha value is -1.82. The van der Waals surface area contributed by atoms with Crippen LogP contribution in [-0.4, -0.2) is 26.1 Å². The van der Waals surface area contributed by atoms with Crippen molar-refractivity contribution in [2.75, 3.05) is 0 Å². The molecule has 1 aromatic rings. The van der Waals surface area contributed by atoms with Gasteiger partial charge < -0.3 is 5.73 Å². The Balaban J connectivity index is 0.000000394. The van der Waals surface area contributed by atoms with Crippen LogP contribution in [0.15, 0.2) is 30.3 Å². The summed E-state index contributed by atoms with van der Waals surface area (Å²) in [6.07, 6.45) is -5.87. The molecule has 0 aliphatic carbocycles. The monoisotopic (exact) mass is 338 g/mol. The number of nitrogen functional groups attached to an aromatic ring is 1. The van der Waals surface area contributed by atoms with E-state index in [1.165, 1.54) is 0 Å². The molecule has 0 aliphatic heterocycles. The normalized spacial score (nSPS) is 12.3. The highest BCUT2D eigenvalue weighted by Gasteiger charge is 2.53. The highest BCUT2D eigenvalue weighted by atomic mass is 32.2. The van der Waals surface area contributed by atoms with E-state index < -0.39 is 22.0 Å². The lowest BCUT2D eigenvalue weighted by Gasteiger charge is -2.09. The summed E-state index contributed by atoms with van der Waals surface area (Å²) in [5.74, 6) is 0.121. The van der Waals surface area contributed by atoms with E-state index in [2.05, 4.69) is 0 Å². The third kappa shape index (κ3) is 7.51. The Labute approximate surface area is 114 Å². The molecule has 0 spiro atoms. The van der Waals surface area contributed by atoms with Gasteiger partial charge in [-0.3, -0.25) is 5.41 Å². The second kappa shape index (κ2) is 6.76. The van der Waals surface area contributed by atoms with Gasteiger partial charge in [0.2, 0.25) is 0 Å². The quantitative estimate of drug-likeness (QED) is 0.285. The van der Waals surface area contributed by atoms with Crippen LogP contribution in [0.5, 0.6) is 0 Å². The van der Waals surface area contributed by atoms with Gasteiger partial charge in [0.05, 0.1) is 0 Å². The molecule has 0 radical (unpaired) electrons. The molecule has 1 rings (SSSR count). The van der Waals surface area contributed by atoms with E-state index in [1.54, 1.807) is 0 Å². The Morgan fingerprint density at radius 2 is 1.48 bits per heavy atom. The topological polar surface area (TPSA) is 93.2 Å². The van der Waals surface area contributed by atoms with Crippen LogP contribution in [0, 0.1) is 5.41 Å². The van der Waals surface area contributed by atoms with Crippen molar-refractivity contribution in [2.24, 2.45) is 5.73 Å². The largest absolute Gasteiger partial charge is 0.537 e. The standard InChI is InChI=1S/C7H8N2.C2F6O3S/c8-7(9)6-4-2-1-3-5-6;3-1(4,5)11-12(9,10)2(6,7)8/h1-5H,(H3,8,9);. The number of hydrogen-bond acceptors (Lipinski definition) is 4. The first-order chi connectivity index (χ1) is 9.26. The summed E-state index contributed by atoms with van der Waals surface area (Å²) >= 11 is 0. The maximum absolute atomic E-state index is 11.2. The van der Waals surface area contributed by atoms with Crippen molar-refractivity contribution in [1.82, 2.24) is 0 Å². The zero-order chi connectivity index (χ0) is 16.9. The van der Waals surface area contributed by atoms with Crippen LogP contribution in [0.2, 0.25) is 0 Å². The Morgan fingerprint density at radius 1 is 1.05 bits per heavy atom. The fraction of sp³-hybridized carbons (Fsp3) is 0.222. The van der Waals surface area contributed by atoms with Gasteiger partial charge in [-0.05, 0) is 0 Å². The molecular formula is C9H8F6N2O3S.